The van der Waals surface area contributed by atoms with Crippen LogP contribution in [0.25, 0.3) is 0 Å². The van der Waals surface area contributed by atoms with E-state index in [4.69, 9.17) is 0 Å². The number of aryl methyl sites for hydroxylation is 2. The molecule has 0 aliphatic rings. The van der Waals surface area contributed by atoms with E-state index in [-0.39, 0.29) is 4.70 Å². The summed E-state index contributed by atoms with van der Waals surface area (Å²) in [7, 11) is 0. The van der Waals surface area contributed by atoms with Crippen LogP contribution in [0.1, 0.15) is 57.9 Å². The number of pyridine rings is 1. The second-order valence-electron chi connectivity index (χ2n) is 4.61. The second-order valence-corrected chi connectivity index (χ2v) is 4.61. The summed E-state index contributed by atoms with van der Waals surface area (Å²) in [6.45, 7) is 5.67. The first kappa shape index (κ1) is 16.1. The lowest BCUT2D eigenvalue weighted by atomic mass is 10.1. The van der Waals surface area contributed by atoms with Crippen molar-refractivity contribution in [2.45, 2.75) is 65.3 Å². The van der Waals surface area contributed by atoms with Gasteiger partial charge in [0.25, 0.3) is 0 Å². The van der Waals surface area contributed by atoms with E-state index >= 15 is 0 Å². The van der Waals surface area contributed by atoms with E-state index in [1.54, 1.807) is 0 Å². The zero-order chi connectivity index (χ0) is 11.6. The lowest BCUT2D eigenvalue weighted by Crippen LogP contribution is -3.00. The van der Waals surface area contributed by atoms with Gasteiger partial charge in [0.1, 0.15) is 6.54 Å². The molecular formula is C15H26FN. The van der Waals surface area contributed by atoms with Crippen molar-refractivity contribution in [1.29, 1.82) is 0 Å². The molecular weight excluding hydrogens is 213 g/mol. The Morgan fingerprint density at radius 1 is 0.882 bits per heavy atom. The van der Waals surface area contributed by atoms with Crippen LogP contribution in [0.5, 0.6) is 0 Å². The van der Waals surface area contributed by atoms with E-state index in [0.29, 0.717) is 0 Å². The smallest absolute Gasteiger partial charge is 0.169 e. The van der Waals surface area contributed by atoms with Gasteiger partial charge in [-0.25, -0.2) is 4.57 Å². The molecule has 1 nitrogen and oxygen atoms in total. The van der Waals surface area contributed by atoms with Crippen LogP contribution >= 0.6 is 0 Å². The molecule has 0 aliphatic carbocycles. The molecule has 0 aliphatic heterocycles. The van der Waals surface area contributed by atoms with Crippen molar-refractivity contribution in [3.8, 4) is 0 Å². The third-order valence-corrected chi connectivity index (χ3v) is 3.02. The average molecular weight is 239 g/mol. The van der Waals surface area contributed by atoms with Gasteiger partial charge in [-0.15, -0.1) is 0 Å². The topological polar surface area (TPSA) is 3.88 Å². The summed E-state index contributed by atoms with van der Waals surface area (Å²) in [5.41, 5.74) is 1.46. The van der Waals surface area contributed by atoms with Crippen molar-refractivity contribution in [2.75, 3.05) is 0 Å². The summed E-state index contributed by atoms with van der Waals surface area (Å²) in [5, 5.41) is 0. The molecule has 98 valence electrons. The average Bonchev–Trinajstić information content (AvgIpc) is 2.31. The summed E-state index contributed by atoms with van der Waals surface area (Å²) in [5.74, 6) is 0. The molecule has 0 N–H and O–H groups in total. The maximum absolute atomic E-state index is 2.31. The normalized spacial score (nSPS) is 10.0. The van der Waals surface area contributed by atoms with Crippen molar-refractivity contribution in [2.24, 2.45) is 0 Å². The van der Waals surface area contributed by atoms with E-state index < -0.39 is 0 Å². The fourth-order valence-electron chi connectivity index (χ4n) is 1.99. The Hall–Kier alpha value is -0.920. The first-order chi connectivity index (χ1) is 7.86. The standard InChI is InChI=1S/C15H26N.FH/c1-3-5-6-7-8-12-16-13-10-15(9-4-2)11-14-16;/h10-11,13-14H,3-9,12H2,1-2H3;1H/q+1;/p-1. The molecule has 0 radical (unpaired) electrons. The van der Waals surface area contributed by atoms with Crippen LogP contribution in [-0.2, 0) is 13.0 Å². The van der Waals surface area contributed by atoms with Crippen molar-refractivity contribution < 1.29 is 9.27 Å². The van der Waals surface area contributed by atoms with Crippen molar-refractivity contribution in [3.63, 3.8) is 0 Å². The van der Waals surface area contributed by atoms with Gasteiger partial charge in [-0.1, -0.05) is 39.5 Å². The minimum atomic E-state index is 0. The van der Waals surface area contributed by atoms with Crippen LogP contribution in [0.3, 0.4) is 0 Å². The van der Waals surface area contributed by atoms with Gasteiger partial charge in [-0.2, -0.15) is 0 Å². The maximum atomic E-state index is 2.31. The molecule has 1 aromatic rings. The van der Waals surface area contributed by atoms with Crippen molar-refractivity contribution in [1.82, 2.24) is 0 Å². The Morgan fingerprint density at radius 3 is 2.12 bits per heavy atom. The first-order valence-corrected chi connectivity index (χ1v) is 6.84. The molecule has 1 aromatic heterocycles. The van der Waals surface area contributed by atoms with Crippen LogP contribution in [0, 0.1) is 0 Å². The number of rotatable bonds is 8. The molecule has 1 rings (SSSR count). The quantitative estimate of drug-likeness (QED) is 0.469. The molecule has 0 aromatic carbocycles. The number of hydrogen-bond donors (Lipinski definition) is 0. The lowest BCUT2D eigenvalue weighted by Gasteiger charge is -1.99. The summed E-state index contributed by atoms with van der Waals surface area (Å²) in [4.78, 5) is 0. The lowest BCUT2D eigenvalue weighted by molar-refractivity contribution is -0.697. The van der Waals surface area contributed by atoms with Gasteiger partial charge in [0.15, 0.2) is 12.4 Å². The highest BCUT2D eigenvalue weighted by Crippen LogP contribution is 2.03. The molecule has 0 atom stereocenters. The molecule has 0 unspecified atom stereocenters. The molecule has 1 heterocycles. The van der Waals surface area contributed by atoms with Gasteiger partial charge in [-0.3, -0.25) is 0 Å². The highest BCUT2D eigenvalue weighted by atomic mass is 19.0. The first-order valence-electron chi connectivity index (χ1n) is 6.84. The Bertz CT molecular complexity index is 269. The van der Waals surface area contributed by atoms with Gasteiger partial charge in [0, 0.05) is 18.6 Å². The van der Waals surface area contributed by atoms with E-state index in [1.165, 1.54) is 57.1 Å². The van der Waals surface area contributed by atoms with Crippen molar-refractivity contribution in [3.05, 3.63) is 30.1 Å². The van der Waals surface area contributed by atoms with Crippen LogP contribution in [0.2, 0.25) is 0 Å². The molecule has 0 saturated carbocycles. The summed E-state index contributed by atoms with van der Waals surface area (Å²) in [6, 6.07) is 4.52. The van der Waals surface area contributed by atoms with E-state index in [0.717, 1.165) is 0 Å². The highest BCUT2D eigenvalue weighted by Gasteiger charge is 2.00. The maximum Gasteiger partial charge on any atom is 0.169 e. The fraction of sp³-hybridized carbons (Fsp3) is 0.667. The number of unbranched alkanes of at least 4 members (excludes halogenated alkanes) is 4. The van der Waals surface area contributed by atoms with E-state index in [1.807, 2.05) is 0 Å². The van der Waals surface area contributed by atoms with E-state index in [2.05, 4.69) is 42.9 Å². The molecule has 0 amide bonds. The predicted octanol–water partition coefficient (Wildman–Crippen LogP) is 0.901. The highest BCUT2D eigenvalue weighted by molar-refractivity contribution is 5.06. The van der Waals surface area contributed by atoms with Gasteiger partial charge >= 0.3 is 0 Å². The molecule has 0 bridgehead atoms. The zero-order valence-electron chi connectivity index (χ0n) is 11.3. The molecule has 17 heavy (non-hydrogen) atoms. The van der Waals surface area contributed by atoms with Crippen LogP contribution in [0.15, 0.2) is 24.5 Å². The minimum absolute atomic E-state index is 0. The largest absolute Gasteiger partial charge is 1.00 e. The van der Waals surface area contributed by atoms with Gasteiger partial charge in [0.05, 0.1) is 0 Å². The van der Waals surface area contributed by atoms with Crippen LogP contribution in [0.4, 0.5) is 0 Å². The third kappa shape index (κ3) is 7.09. The Labute approximate surface area is 105 Å². The predicted molar refractivity (Wildman–Crippen MR) is 69.4 cm³/mol. The Kier molecular flexibility index (Phi) is 9.69. The Morgan fingerprint density at radius 2 is 1.53 bits per heavy atom. The van der Waals surface area contributed by atoms with Gasteiger partial charge < -0.3 is 4.70 Å². The molecule has 0 spiro atoms. The fourth-order valence-corrected chi connectivity index (χ4v) is 1.99. The Balaban J connectivity index is 0.00000256. The zero-order valence-corrected chi connectivity index (χ0v) is 11.3. The van der Waals surface area contributed by atoms with E-state index in [9.17, 15) is 0 Å². The summed E-state index contributed by atoms with van der Waals surface area (Å²) < 4.78 is 2.31. The van der Waals surface area contributed by atoms with Crippen LogP contribution < -0.4 is 9.27 Å². The summed E-state index contributed by atoms with van der Waals surface area (Å²) >= 11 is 0. The minimum Gasteiger partial charge on any atom is -1.00 e. The number of nitrogens with zero attached hydrogens (tertiary/aromatic N) is 1. The second kappa shape index (κ2) is 10.2. The number of halogens is 1. The number of hydrogen-bond acceptors (Lipinski definition) is 0. The number of aromatic nitrogens is 1. The van der Waals surface area contributed by atoms with Crippen molar-refractivity contribution >= 4 is 0 Å². The monoisotopic (exact) mass is 239 g/mol. The van der Waals surface area contributed by atoms with Gasteiger partial charge in [-0.05, 0) is 18.4 Å². The molecule has 0 saturated heterocycles. The molecule has 0 fully saturated rings. The SMILES string of the molecule is CCCCCCC[n+]1ccc(CCC)cc1.[F-]. The summed E-state index contributed by atoms with van der Waals surface area (Å²) in [6.07, 6.45) is 13.7. The van der Waals surface area contributed by atoms with Crippen LogP contribution in [-0.4, -0.2) is 0 Å². The van der Waals surface area contributed by atoms with Gasteiger partial charge in [0.2, 0.25) is 0 Å². The third-order valence-electron chi connectivity index (χ3n) is 3.02. The molecule has 2 heteroatoms.